The summed E-state index contributed by atoms with van der Waals surface area (Å²) in [4.78, 5) is 21.0. The molecule has 92 valence electrons. The molecule has 1 aromatic heterocycles. The third-order valence-corrected chi connectivity index (χ3v) is 2.70. The lowest BCUT2D eigenvalue weighted by Crippen LogP contribution is -2.26. The van der Waals surface area contributed by atoms with Gasteiger partial charge in [-0.25, -0.2) is 5.06 Å². The summed E-state index contributed by atoms with van der Waals surface area (Å²) in [5, 5.41) is 1.18. The Kier molecular flexibility index (Phi) is 3.69. The number of carbonyl (C=O) groups is 1. The van der Waals surface area contributed by atoms with Crippen LogP contribution in [-0.4, -0.2) is 30.1 Å². The van der Waals surface area contributed by atoms with Crippen LogP contribution in [0.2, 0.25) is 0 Å². The Morgan fingerprint density at radius 3 is 2.61 bits per heavy atom. The van der Waals surface area contributed by atoms with Crippen molar-refractivity contribution in [2.24, 2.45) is 0 Å². The number of amides is 1. The molecule has 0 unspecified atom stereocenters. The van der Waals surface area contributed by atoms with E-state index in [1.165, 1.54) is 12.2 Å². The predicted molar refractivity (Wildman–Crippen MR) is 68.8 cm³/mol. The highest BCUT2D eigenvalue weighted by atomic mass is 16.7. The van der Waals surface area contributed by atoms with Crippen molar-refractivity contribution in [3.8, 4) is 11.1 Å². The first-order valence-corrected chi connectivity index (χ1v) is 5.55. The fourth-order valence-corrected chi connectivity index (χ4v) is 1.69. The van der Waals surface area contributed by atoms with E-state index in [0.29, 0.717) is 5.56 Å². The fourth-order valence-electron chi connectivity index (χ4n) is 1.69. The molecule has 1 amide bonds. The van der Waals surface area contributed by atoms with Crippen LogP contribution in [0.15, 0.2) is 48.8 Å². The number of hydrogen-bond acceptors (Lipinski definition) is 3. The molecular weight excluding hydrogens is 228 g/mol. The molecule has 0 N–H and O–H groups in total. The van der Waals surface area contributed by atoms with Gasteiger partial charge in [-0.2, -0.15) is 0 Å². The molecule has 4 heteroatoms. The summed E-state index contributed by atoms with van der Waals surface area (Å²) in [5.74, 6) is -0.218. The SMILES string of the molecule is CON(C)C(=O)c1cnccc1-c1ccccc1. The van der Waals surface area contributed by atoms with E-state index in [1.54, 1.807) is 19.4 Å². The van der Waals surface area contributed by atoms with Crippen LogP contribution in [-0.2, 0) is 4.84 Å². The molecule has 2 rings (SSSR count). The van der Waals surface area contributed by atoms with E-state index >= 15 is 0 Å². The number of nitrogens with zero attached hydrogens (tertiary/aromatic N) is 2. The van der Waals surface area contributed by atoms with Crippen LogP contribution in [0, 0.1) is 0 Å². The van der Waals surface area contributed by atoms with Crippen molar-refractivity contribution in [3.63, 3.8) is 0 Å². The minimum Gasteiger partial charge on any atom is -0.274 e. The molecule has 0 spiro atoms. The van der Waals surface area contributed by atoms with Crippen LogP contribution in [0.5, 0.6) is 0 Å². The average Bonchev–Trinajstić information content (AvgIpc) is 2.46. The molecular formula is C14H14N2O2. The average molecular weight is 242 g/mol. The van der Waals surface area contributed by atoms with Gasteiger partial charge in [0.15, 0.2) is 0 Å². The van der Waals surface area contributed by atoms with E-state index in [1.807, 2.05) is 36.4 Å². The van der Waals surface area contributed by atoms with Crippen LogP contribution in [0.25, 0.3) is 11.1 Å². The number of hydroxylamine groups is 2. The molecule has 18 heavy (non-hydrogen) atoms. The maximum atomic E-state index is 12.1. The smallest absolute Gasteiger partial charge is 0.274 e. The Balaban J connectivity index is 2.47. The van der Waals surface area contributed by atoms with E-state index in [4.69, 9.17) is 4.84 Å². The maximum absolute atomic E-state index is 12.1. The largest absolute Gasteiger partial charge is 0.279 e. The van der Waals surface area contributed by atoms with Gasteiger partial charge in [-0.15, -0.1) is 0 Å². The zero-order valence-corrected chi connectivity index (χ0v) is 10.3. The lowest BCUT2D eigenvalue weighted by Gasteiger charge is -2.15. The Morgan fingerprint density at radius 1 is 1.22 bits per heavy atom. The lowest BCUT2D eigenvalue weighted by molar-refractivity contribution is -0.0756. The summed E-state index contributed by atoms with van der Waals surface area (Å²) in [6.45, 7) is 0. The van der Waals surface area contributed by atoms with Gasteiger partial charge in [0.2, 0.25) is 0 Å². The summed E-state index contributed by atoms with van der Waals surface area (Å²) in [6, 6.07) is 11.5. The molecule has 0 saturated heterocycles. The Morgan fingerprint density at radius 2 is 1.94 bits per heavy atom. The van der Waals surface area contributed by atoms with Gasteiger partial charge < -0.3 is 0 Å². The molecule has 0 radical (unpaired) electrons. The molecule has 0 aliphatic carbocycles. The van der Waals surface area contributed by atoms with Gasteiger partial charge in [-0.1, -0.05) is 30.3 Å². The number of carbonyl (C=O) groups excluding carboxylic acids is 1. The van der Waals surface area contributed by atoms with Crippen LogP contribution >= 0.6 is 0 Å². The van der Waals surface area contributed by atoms with E-state index in [2.05, 4.69) is 4.98 Å². The van der Waals surface area contributed by atoms with Crippen molar-refractivity contribution in [3.05, 3.63) is 54.4 Å². The Bertz CT molecular complexity index is 541. The molecule has 0 aliphatic rings. The molecule has 2 aromatic rings. The Labute approximate surface area is 106 Å². The van der Waals surface area contributed by atoms with Crippen molar-refractivity contribution in [2.45, 2.75) is 0 Å². The van der Waals surface area contributed by atoms with Crippen molar-refractivity contribution in [2.75, 3.05) is 14.2 Å². The second-order valence-corrected chi connectivity index (χ2v) is 3.77. The van der Waals surface area contributed by atoms with E-state index in [9.17, 15) is 4.79 Å². The summed E-state index contributed by atoms with van der Waals surface area (Å²) in [6.07, 6.45) is 3.23. The van der Waals surface area contributed by atoms with E-state index in [0.717, 1.165) is 11.1 Å². The normalized spacial score (nSPS) is 10.1. The molecule has 0 aliphatic heterocycles. The highest BCUT2D eigenvalue weighted by molar-refractivity contribution is 5.99. The van der Waals surface area contributed by atoms with E-state index < -0.39 is 0 Å². The summed E-state index contributed by atoms with van der Waals surface area (Å²) >= 11 is 0. The van der Waals surface area contributed by atoms with Gasteiger partial charge >= 0.3 is 0 Å². The fraction of sp³-hybridized carbons (Fsp3) is 0.143. The molecule has 0 bridgehead atoms. The number of aromatic nitrogens is 1. The first kappa shape index (κ1) is 12.3. The van der Waals surface area contributed by atoms with Gasteiger partial charge in [0, 0.05) is 19.4 Å². The van der Waals surface area contributed by atoms with Crippen LogP contribution < -0.4 is 0 Å². The predicted octanol–water partition coefficient (Wildman–Crippen LogP) is 2.38. The number of benzene rings is 1. The van der Waals surface area contributed by atoms with Crippen LogP contribution in [0.4, 0.5) is 0 Å². The summed E-state index contributed by atoms with van der Waals surface area (Å²) in [7, 11) is 3.03. The van der Waals surface area contributed by atoms with E-state index in [-0.39, 0.29) is 5.91 Å². The topological polar surface area (TPSA) is 42.4 Å². The molecule has 4 nitrogen and oxygen atoms in total. The van der Waals surface area contributed by atoms with Crippen LogP contribution in [0.3, 0.4) is 0 Å². The first-order chi connectivity index (χ1) is 8.74. The summed E-state index contributed by atoms with van der Waals surface area (Å²) < 4.78 is 0. The zero-order chi connectivity index (χ0) is 13.0. The minimum absolute atomic E-state index is 0.218. The highest BCUT2D eigenvalue weighted by Gasteiger charge is 2.16. The van der Waals surface area contributed by atoms with Crippen molar-refractivity contribution < 1.29 is 9.63 Å². The number of rotatable bonds is 3. The lowest BCUT2D eigenvalue weighted by atomic mass is 10.0. The maximum Gasteiger partial charge on any atom is 0.279 e. The second kappa shape index (κ2) is 5.42. The third kappa shape index (κ3) is 2.38. The molecule has 0 atom stereocenters. The van der Waals surface area contributed by atoms with Gasteiger partial charge in [0.25, 0.3) is 5.91 Å². The standard InChI is InChI=1S/C14H14N2O2/c1-16(18-2)14(17)13-10-15-9-8-12(13)11-6-4-3-5-7-11/h3-10H,1-2H3. The number of hydrogen-bond donors (Lipinski definition) is 0. The quantitative estimate of drug-likeness (QED) is 0.776. The minimum atomic E-state index is -0.218. The Hall–Kier alpha value is -2.20. The van der Waals surface area contributed by atoms with Gasteiger partial charge in [-0.3, -0.25) is 14.6 Å². The number of pyridine rings is 1. The van der Waals surface area contributed by atoms with Crippen molar-refractivity contribution in [1.29, 1.82) is 0 Å². The highest BCUT2D eigenvalue weighted by Crippen LogP contribution is 2.23. The molecule has 1 aromatic carbocycles. The monoisotopic (exact) mass is 242 g/mol. The molecule has 1 heterocycles. The second-order valence-electron chi connectivity index (χ2n) is 3.77. The molecule has 0 fully saturated rings. The molecule has 0 saturated carbocycles. The van der Waals surface area contributed by atoms with Gasteiger partial charge in [0.05, 0.1) is 12.7 Å². The van der Waals surface area contributed by atoms with Gasteiger partial charge in [-0.05, 0) is 17.2 Å². The third-order valence-electron chi connectivity index (χ3n) is 2.70. The van der Waals surface area contributed by atoms with Crippen LogP contribution in [0.1, 0.15) is 10.4 Å². The summed E-state index contributed by atoms with van der Waals surface area (Å²) in [5.41, 5.74) is 2.35. The zero-order valence-electron chi connectivity index (χ0n) is 10.3. The van der Waals surface area contributed by atoms with Crippen molar-refractivity contribution in [1.82, 2.24) is 10.0 Å². The van der Waals surface area contributed by atoms with Crippen molar-refractivity contribution >= 4 is 5.91 Å². The van der Waals surface area contributed by atoms with Gasteiger partial charge in [0.1, 0.15) is 0 Å². The first-order valence-electron chi connectivity index (χ1n) is 5.55.